The highest BCUT2D eigenvalue weighted by Crippen LogP contribution is 2.17. The Kier molecular flexibility index (Phi) is 4.22. The Morgan fingerprint density at radius 1 is 1.16 bits per heavy atom. The Hall–Kier alpha value is -2.87. The van der Waals surface area contributed by atoms with Gasteiger partial charge in [0.1, 0.15) is 6.04 Å². The molecule has 1 amide bonds. The van der Waals surface area contributed by atoms with Crippen LogP contribution in [0.4, 0.5) is 5.69 Å². The van der Waals surface area contributed by atoms with Crippen molar-refractivity contribution in [1.29, 1.82) is 0 Å². The Morgan fingerprint density at radius 2 is 1.80 bits per heavy atom. The molecule has 130 valence electrons. The van der Waals surface area contributed by atoms with Crippen molar-refractivity contribution in [3.8, 4) is 0 Å². The van der Waals surface area contributed by atoms with Crippen LogP contribution in [0.15, 0.2) is 40.2 Å². The topological polar surface area (TPSA) is 90.9 Å². The molecule has 0 aliphatic heterocycles. The lowest BCUT2D eigenvalue weighted by molar-refractivity contribution is -0.118. The number of carbonyl (C=O) groups excluding carboxylic acids is 1. The van der Waals surface area contributed by atoms with Gasteiger partial charge in [0.15, 0.2) is 11.2 Å². The number of aromatic nitrogens is 4. The SMILES string of the molecule is CC(C(=O)Nc1ccc(Cl)cc1)n1cnc2c1c(=O)n(C)c(=O)n2C. The third kappa shape index (κ3) is 2.85. The summed E-state index contributed by atoms with van der Waals surface area (Å²) in [5.41, 5.74) is 0.0522. The van der Waals surface area contributed by atoms with Crippen LogP contribution in [-0.4, -0.2) is 24.6 Å². The van der Waals surface area contributed by atoms with Crippen LogP contribution in [0.2, 0.25) is 5.02 Å². The summed E-state index contributed by atoms with van der Waals surface area (Å²) in [5, 5.41) is 3.32. The van der Waals surface area contributed by atoms with Gasteiger partial charge in [0, 0.05) is 24.8 Å². The molecule has 3 rings (SSSR count). The molecule has 0 bridgehead atoms. The predicted octanol–water partition coefficient (Wildman–Crippen LogP) is 1.29. The number of fused-ring (bicyclic) bond motifs is 1. The molecular weight excluding hydrogens is 346 g/mol. The fourth-order valence-electron chi connectivity index (χ4n) is 2.56. The zero-order valence-corrected chi connectivity index (χ0v) is 14.6. The van der Waals surface area contributed by atoms with E-state index in [-0.39, 0.29) is 17.1 Å². The molecule has 0 saturated carbocycles. The first-order valence-electron chi connectivity index (χ1n) is 7.50. The minimum atomic E-state index is -0.703. The average molecular weight is 362 g/mol. The summed E-state index contributed by atoms with van der Waals surface area (Å²) < 4.78 is 3.73. The molecule has 25 heavy (non-hydrogen) atoms. The molecule has 0 spiro atoms. The predicted molar refractivity (Wildman–Crippen MR) is 95.0 cm³/mol. The number of hydrogen-bond acceptors (Lipinski definition) is 4. The molecule has 0 radical (unpaired) electrons. The van der Waals surface area contributed by atoms with Gasteiger partial charge < -0.3 is 9.88 Å². The van der Waals surface area contributed by atoms with Crippen molar-refractivity contribution in [3.63, 3.8) is 0 Å². The van der Waals surface area contributed by atoms with Crippen molar-refractivity contribution < 1.29 is 4.79 Å². The first-order valence-corrected chi connectivity index (χ1v) is 7.88. The van der Waals surface area contributed by atoms with Crippen molar-refractivity contribution in [3.05, 3.63) is 56.5 Å². The fourth-order valence-corrected chi connectivity index (χ4v) is 2.69. The summed E-state index contributed by atoms with van der Waals surface area (Å²) in [7, 11) is 2.92. The quantitative estimate of drug-likeness (QED) is 0.761. The Bertz CT molecular complexity index is 1080. The van der Waals surface area contributed by atoms with Gasteiger partial charge in [0.05, 0.1) is 6.33 Å². The number of nitrogens with zero attached hydrogens (tertiary/aromatic N) is 4. The highest BCUT2D eigenvalue weighted by Gasteiger charge is 2.21. The second-order valence-corrected chi connectivity index (χ2v) is 6.14. The zero-order chi connectivity index (χ0) is 18.3. The average Bonchev–Trinajstić information content (AvgIpc) is 3.04. The van der Waals surface area contributed by atoms with E-state index in [9.17, 15) is 14.4 Å². The van der Waals surface area contributed by atoms with Crippen LogP contribution >= 0.6 is 11.6 Å². The van der Waals surface area contributed by atoms with Crippen molar-refractivity contribution in [1.82, 2.24) is 18.7 Å². The highest BCUT2D eigenvalue weighted by atomic mass is 35.5. The molecule has 2 heterocycles. The number of rotatable bonds is 3. The smallest absolute Gasteiger partial charge is 0.324 e. The Labute approximate surface area is 147 Å². The minimum absolute atomic E-state index is 0.198. The normalized spacial score (nSPS) is 12.3. The summed E-state index contributed by atoms with van der Waals surface area (Å²) in [6.07, 6.45) is 1.39. The number of imidazole rings is 1. The summed E-state index contributed by atoms with van der Waals surface area (Å²) >= 11 is 5.83. The molecule has 1 atom stereocenters. The van der Waals surface area contributed by atoms with Gasteiger partial charge in [-0.1, -0.05) is 11.6 Å². The van der Waals surface area contributed by atoms with Crippen molar-refractivity contribution in [2.24, 2.45) is 14.1 Å². The maximum absolute atomic E-state index is 12.5. The van der Waals surface area contributed by atoms with Gasteiger partial charge in [-0.2, -0.15) is 0 Å². The van der Waals surface area contributed by atoms with Crippen LogP contribution in [-0.2, 0) is 18.9 Å². The number of benzene rings is 1. The molecule has 0 aliphatic carbocycles. The molecule has 1 unspecified atom stereocenters. The molecule has 8 nitrogen and oxygen atoms in total. The zero-order valence-electron chi connectivity index (χ0n) is 13.9. The minimum Gasteiger partial charge on any atom is -0.324 e. The Balaban J connectivity index is 2.01. The summed E-state index contributed by atoms with van der Waals surface area (Å²) in [4.78, 5) is 41.1. The largest absolute Gasteiger partial charge is 0.332 e. The van der Waals surface area contributed by atoms with Crippen LogP contribution in [0.3, 0.4) is 0 Å². The number of amides is 1. The molecule has 2 aromatic heterocycles. The number of hydrogen-bond donors (Lipinski definition) is 1. The van der Waals surface area contributed by atoms with Gasteiger partial charge in [-0.05, 0) is 31.2 Å². The molecule has 0 fully saturated rings. The van der Waals surface area contributed by atoms with E-state index in [0.717, 1.165) is 4.57 Å². The number of anilines is 1. The van der Waals surface area contributed by atoms with Crippen LogP contribution in [0.5, 0.6) is 0 Å². The van der Waals surface area contributed by atoms with Crippen LogP contribution < -0.4 is 16.6 Å². The molecule has 1 N–H and O–H groups in total. The van der Waals surface area contributed by atoms with Crippen LogP contribution in [0, 0.1) is 0 Å². The van der Waals surface area contributed by atoms with Gasteiger partial charge in [-0.15, -0.1) is 0 Å². The second-order valence-electron chi connectivity index (χ2n) is 5.70. The van der Waals surface area contributed by atoms with Gasteiger partial charge in [-0.3, -0.25) is 18.7 Å². The highest BCUT2D eigenvalue weighted by molar-refractivity contribution is 6.30. The van der Waals surface area contributed by atoms with Gasteiger partial charge in [0.25, 0.3) is 5.56 Å². The summed E-state index contributed by atoms with van der Waals surface area (Å²) in [6, 6.07) is 5.99. The van der Waals surface area contributed by atoms with E-state index in [1.54, 1.807) is 31.2 Å². The third-order valence-electron chi connectivity index (χ3n) is 4.08. The van der Waals surface area contributed by atoms with Crippen LogP contribution in [0.1, 0.15) is 13.0 Å². The maximum atomic E-state index is 12.5. The van der Waals surface area contributed by atoms with Gasteiger partial charge >= 0.3 is 5.69 Å². The van der Waals surface area contributed by atoms with E-state index in [4.69, 9.17) is 11.6 Å². The van der Waals surface area contributed by atoms with Crippen molar-refractivity contribution >= 4 is 34.4 Å². The number of halogens is 1. The molecule has 0 saturated heterocycles. The van der Waals surface area contributed by atoms with E-state index in [1.165, 1.54) is 29.6 Å². The monoisotopic (exact) mass is 361 g/mol. The first-order chi connectivity index (χ1) is 11.8. The van der Waals surface area contributed by atoms with Gasteiger partial charge in [-0.25, -0.2) is 9.78 Å². The lowest BCUT2D eigenvalue weighted by atomic mass is 10.2. The van der Waals surface area contributed by atoms with Crippen molar-refractivity contribution in [2.45, 2.75) is 13.0 Å². The van der Waals surface area contributed by atoms with E-state index in [0.29, 0.717) is 10.7 Å². The Morgan fingerprint density at radius 3 is 2.44 bits per heavy atom. The molecule has 3 aromatic rings. The fraction of sp³-hybridized carbons (Fsp3) is 0.250. The van der Waals surface area contributed by atoms with E-state index >= 15 is 0 Å². The van der Waals surface area contributed by atoms with E-state index in [1.807, 2.05) is 0 Å². The summed E-state index contributed by atoms with van der Waals surface area (Å²) in [5.74, 6) is -0.322. The van der Waals surface area contributed by atoms with Crippen LogP contribution in [0.25, 0.3) is 11.2 Å². The number of carbonyl (C=O) groups is 1. The molecule has 0 aliphatic rings. The maximum Gasteiger partial charge on any atom is 0.332 e. The van der Waals surface area contributed by atoms with E-state index < -0.39 is 17.3 Å². The van der Waals surface area contributed by atoms with E-state index in [2.05, 4.69) is 10.3 Å². The molecule has 1 aromatic carbocycles. The summed E-state index contributed by atoms with van der Waals surface area (Å²) in [6.45, 7) is 1.65. The number of aryl methyl sites for hydroxylation is 1. The third-order valence-corrected chi connectivity index (χ3v) is 4.33. The lowest BCUT2D eigenvalue weighted by Crippen LogP contribution is -2.38. The lowest BCUT2D eigenvalue weighted by Gasteiger charge is -2.15. The number of nitrogens with one attached hydrogen (secondary N) is 1. The molecular formula is C16H16ClN5O3. The standard InChI is InChI=1S/C16H16ClN5O3/c1-9(14(23)19-11-6-4-10(17)5-7-11)22-8-18-13-12(22)15(24)21(3)16(25)20(13)2/h4-9H,1-3H3,(H,19,23). The van der Waals surface area contributed by atoms with Crippen molar-refractivity contribution in [2.75, 3.05) is 5.32 Å². The first kappa shape index (κ1) is 17.0. The van der Waals surface area contributed by atoms with Gasteiger partial charge in [0.2, 0.25) is 5.91 Å². The second kappa shape index (κ2) is 6.21. The molecule has 9 heteroatoms.